The first-order valence-corrected chi connectivity index (χ1v) is 7.42. The maximum absolute atomic E-state index is 12.2. The Labute approximate surface area is 141 Å². The summed E-state index contributed by atoms with van der Waals surface area (Å²) >= 11 is 3.36. The molecular formula is C15H15BrN2O5. The van der Waals surface area contributed by atoms with E-state index in [4.69, 9.17) is 9.47 Å². The molecule has 1 aliphatic rings. The molecule has 0 aliphatic carbocycles. The molecule has 1 saturated heterocycles. The third kappa shape index (κ3) is 3.07. The van der Waals surface area contributed by atoms with Crippen LogP contribution in [0.5, 0.6) is 11.5 Å². The van der Waals surface area contributed by atoms with E-state index in [0.717, 1.165) is 9.80 Å². The van der Waals surface area contributed by atoms with E-state index in [1.165, 1.54) is 20.3 Å². The van der Waals surface area contributed by atoms with E-state index in [-0.39, 0.29) is 13.1 Å². The number of imide groups is 2. The molecule has 1 fully saturated rings. The Kier molecular flexibility index (Phi) is 5.05. The number of hydrogen-bond donors (Lipinski definition) is 0. The summed E-state index contributed by atoms with van der Waals surface area (Å²) in [6.45, 7) is 3.40. The fourth-order valence-electron chi connectivity index (χ4n) is 2.17. The zero-order chi connectivity index (χ0) is 17.1. The molecule has 1 aromatic carbocycles. The van der Waals surface area contributed by atoms with Crippen molar-refractivity contribution in [3.63, 3.8) is 0 Å². The fourth-order valence-corrected chi connectivity index (χ4v) is 2.62. The van der Waals surface area contributed by atoms with Gasteiger partial charge in [-0.25, -0.2) is 4.79 Å². The lowest BCUT2D eigenvalue weighted by Gasteiger charge is -2.17. The molecule has 0 saturated carbocycles. The number of carbonyl (C=O) groups excluding carboxylic acids is 3. The fraction of sp³-hybridized carbons (Fsp3) is 0.267. The summed E-state index contributed by atoms with van der Waals surface area (Å²) in [5.41, 5.74) is 0.609. The van der Waals surface area contributed by atoms with Gasteiger partial charge in [0.2, 0.25) is 0 Å². The molecule has 2 rings (SSSR count). The first kappa shape index (κ1) is 17.0. The van der Waals surface area contributed by atoms with Gasteiger partial charge >= 0.3 is 17.8 Å². The molecule has 0 aromatic heterocycles. The van der Waals surface area contributed by atoms with Crippen LogP contribution in [0.1, 0.15) is 5.56 Å². The molecule has 8 heteroatoms. The highest BCUT2D eigenvalue weighted by Gasteiger charge is 2.43. The van der Waals surface area contributed by atoms with Crippen LogP contribution >= 0.6 is 15.9 Å². The SMILES string of the molecule is C=CCN1C(=O)C(=O)N(Cc2cc(OC)c(OC)cc2Br)C1=O. The smallest absolute Gasteiger partial charge is 0.334 e. The molecule has 23 heavy (non-hydrogen) atoms. The Morgan fingerprint density at radius 3 is 2.22 bits per heavy atom. The second-order valence-electron chi connectivity index (χ2n) is 4.68. The van der Waals surface area contributed by atoms with Crippen LogP contribution in [0.2, 0.25) is 0 Å². The summed E-state index contributed by atoms with van der Waals surface area (Å²) in [4.78, 5) is 37.8. The number of methoxy groups -OCH3 is 2. The van der Waals surface area contributed by atoms with E-state index in [1.54, 1.807) is 12.1 Å². The van der Waals surface area contributed by atoms with Crippen LogP contribution in [0.3, 0.4) is 0 Å². The van der Waals surface area contributed by atoms with Crippen LogP contribution in [0.25, 0.3) is 0 Å². The first-order valence-electron chi connectivity index (χ1n) is 6.63. The van der Waals surface area contributed by atoms with Crippen LogP contribution in [0.4, 0.5) is 4.79 Å². The van der Waals surface area contributed by atoms with Gasteiger partial charge in [0, 0.05) is 11.0 Å². The minimum Gasteiger partial charge on any atom is -0.493 e. The number of ether oxygens (including phenoxy) is 2. The Bertz CT molecular complexity index is 689. The van der Waals surface area contributed by atoms with Gasteiger partial charge in [0.05, 0.1) is 20.8 Å². The number of hydrogen-bond acceptors (Lipinski definition) is 5. The van der Waals surface area contributed by atoms with Crippen molar-refractivity contribution < 1.29 is 23.9 Å². The normalized spacial score (nSPS) is 14.5. The summed E-state index contributed by atoms with van der Waals surface area (Å²) in [7, 11) is 2.99. The Morgan fingerprint density at radius 2 is 1.65 bits per heavy atom. The van der Waals surface area contributed by atoms with Crippen LogP contribution in [0.15, 0.2) is 29.3 Å². The van der Waals surface area contributed by atoms with Crippen LogP contribution in [-0.4, -0.2) is 48.4 Å². The van der Waals surface area contributed by atoms with Gasteiger partial charge in [-0.3, -0.25) is 19.4 Å². The lowest BCUT2D eigenvalue weighted by molar-refractivity contribution is -0.143. The summed E-state index contributed by atoms with van der Waals surface area (Å²) in [6, 6.07) is 2.65. The van der Waals surface area contributed by atoms with Gasteiger partial charge in [-0.2, -0.15) is 0 Å². The quantitative estimate of drug-likeness (QED) is 0.426. The molecule has 0 radical (unpaired) electrons. The van der Waals surface area contributed by atoms with E-state index in [9.17, 15) is 14.4 Å². The maximum Gasteiger partial charge on any atom is 0.334 e. The van der Waals surface area contributed by atoms with Gasteiger partial charge < -0.3 is 9.47 Å². The first-order chi connectivity index (χ1) is 10.9. The standard InChI is InChI=1S/C15H15BrN2O5/c1-4-5-17-13(19)14(20)18(15(17)21)8-9-6-11(22-2)12(23-3)7-10(9)16/h4,6-7H,1,5,8H2,2-3H3. The second kappa shape index (κ2) is 6.82. The minimum absolute atomic E-state index is 0.00693. The van der Waals surface area contributed by atoms with Gasteiger partial charge in [0.25, 0.3) is 0 Å². The van der Waals surface area contributed by atoms with Crippen molar-refractivity contribution in [3.8, 4) is 11.5 Å². The van der Waals surface area contributed by atoms with Crippen molar-refractivity contribution in [2.24, 2.45) is 0 Å². The molecule has 1 aliphatic heterocycles. The summed E-state index contributed by atoms with van der Waals surface area (Å²) in [5.74, 6) is -0.754. The molecule has 1 aromatic rings. The Morgan fingerprint density at radius 1 is 1.09 bits per heavy atom. The van der Waals surface area contributed by atoms with Crippen molar-refractivity contribution in [3.05, 3.63) is 34.8 Å². The van der Waals surface area contributed by atoms with E-state index >= 15 is 0 Å². The van der Waals surface area contributed by atoms with Gasteiger partial charge in [0.15, 0.2) is 11.5 Å². The van der Waals surface area contributed by atoms with Crippen molar-refractivity contribution in [2.75, 3.05) is 20.8 Å². The lowest BCUT2D eigenvalue weighted by Crippen LogP contribution is -2.33. The highest BCUT2D eigenvalue weighted by Crippen LogP contribution is 2.34. The lowest BCUT2D eigenvalue weighted by atomic mass is 10.2. The summed E-state index contributed by atoms with van der Waals surface area (Å²) < 4.78 is 11.0. The van der Waals surface area contributed by atoms with Gasteiger partial charge in [-0.05, 0) is 17.7 Å². The van der Waals surface area contributed by atoms with E-state index in [0.29, 0.717) is 21.5 Å². The van der Waals surface area contributed by atoms with Crippen LogP contribution in [-0.2, 0) is 16.1 Å². The average Bonchev–Trinajstić information content (AvgIpc) is 2.74. The molecule has 122 valence electrons. The topological polar surface area (TPSA) is 76.2 Å². The number of rotatable bonds is 6. The zero-order valence-electron chi connectivity index (χ0n) is 12.7. The largest absolute Gasteiger partial charge is 0.493 e. The number of nitrogens with zero attached hydrogens (tertiary/aromatic N) is 2. The maximum atomic E-state index is 12.2. The van der Waals surface area contributed by atoms with Crippen LogP contribution < -0.4 is 9.47 Å². The van der Waals surface area contributed by atoms with E-state index in [2.05, 4.69) is 22.5 Å². The molecule has 0 unspecified atom stereocenters. The molecule has 1 heterocycles. The minimum atomic E-state index is -0.862. The molecule has 4 amide bonds. The Hall–Kier alpha value is -2.35. The van der Waals surface area contributed by atoms with Crippen molar-refractivity contribution in [1.82, 2.24) is 9.80 Å². The number of urea groups is 1. The third-order valence-electron chi connectivity index (χ3n) is 3.33. The number of benzene rings is 1. The van der Waals surface area contributed by atoms with E-state index in [1.807, 2.05) is 0 Å². The van der Waals surface area contributed by atoms with Gasteiger partial charge in [-0.1, -0.05) is 22.0 Å². The Balaban J connectivity index is 2.32. The zero-order valence-corrected chi connectivity index (χ0v) is 14.3. The number of carbonyl (C=O) groups is 3. The molecule has 0 N–H and O–H groups in total. The summed E-state index contributed by atoms with van der Waals surface area (Å²) in [6.07, 6.45) is 1.39. The van der Waals surface area contributed by atoms with Crippen molar-refractivity contribution >= 4 is 33.8 Å². The molecule has 7 nitrogen and oxygen atoms in total. The highest BCUT2D eigenvalue weighted by molar-refractivity contribution is 9.10. The predicted octanol–water partition coefficient (Wildman–Crippen LogP) is 1.94. The monoisotopic (exact) mass is 382 g/mol. The van der Waals surface area contributed by atoms with Crippen LogP contribution in [0, 0.1) is 0 Å². The number of halogens is 1. The molecule has 0 bridgehead atoms. The van der Waals surface area contributed by atoms with Crippen molar-refractivity contribution in [2.45, 2.75) is 6.54 Å². The van der Waals surface area contributed by atoms with E-state index < -0.39 is 17.8 Å². The van der Waals surface area contributed by atoms with Gasteiger partial charge in [-0.15, -0.1) is 6.58 Å². The average molecular weight is 383 g/mol. The highest BCUT2D eigenvalue weighted by atomic mass is 79.9. The molecule has 0 atom stereocenters. The molecular weight excluding hydrogens is 368 g/mol. The third-order valence-corrected chi connectivity index (χ3v) is 4.07. The molecule has 0 spiro atoms. The second-order valence-corrected chi connectivity index (χ2v) is 5.53. The predicted molar refractivity (Wildman–Crippen MR) is 85.1 cm³/mol. The van der Waals surface area contributed by atoms with Gasteiger partial charge in [0.1, 0.15) is 0 Å². The summed E-state index contributed by atoms with van der Waals surface area (Å²) in [5, 5.41) is 0. The number of amides is 4. The van der Waals surface area contributed by atoms with Crippen molar-refractivity contribution in [1.29, 1.82) is 0 Å².